The SMILES string of the molecule is CCc1ccc([C@@H]2CC[C@@H](N3CCN(c4ccc(C(=O)NC)nc4)CC3)C2)[nH]c1=O. The lowest BCUT2D eigenvalue weighted by Crippen LogP contribution is -2.49. The summed E-state index contributed by atoms with van der Waals surface area (Å²) in [7, 11) is 1.61. The second-order valence-corrected chi connectivity index (χ2v) is 8.29. The minimum atomic E-state index is -0.159. The lowest BCUT2D eigenvalue weighted by Gasteiger charge is -2.39. The first-order chi connectivity index (χ1) is 14.6. The van der Waals surface area contributed by atoms with E-state index in [0.29, 0.717) is 17.7 Å². The summed E-state index contributed by atoms with van der Waals surface area (Å²) in [5.41, 5.74) is 3.55. The Morgan fingerprint density at radius 3 is 2.60 bits per heavy atom. The minimum Gasteiger partial charge on any atom is -0.368 e. The van der Waals surface area contributed by atoms with E-state index in [1.165, 1.54) is 6.42 Å². The molecule has 1 saturated heterocycles. The van der Waals surface area contributed by atoms with E-state index in [9.17, 15) is 9.59 Å². The summed E-state index contributed by atoms with van der Waals surface area (Å²) in [5.74, 6) is 0.293. The highest BCUT2D eigenvalue weighted by Gasteiger charge is 2.32. The fourth-order valence-electron chi connectivity index (χ4n) is 4.79. The highest BCUT2D eigenvalue weighted by Crippen LogP contribution is 2.36. The normalized spacial score (nSPS) is 22.3. The van der Waals surface area contributed by atoms with Crippen LogP contribution >= 0.6 is 0 Å². The molecule has 1 amide bonds. The molecule has 7 heteroatoms. The largest absolute Gasteiger partial charge is 0.368 e. The van der Waals surface area contributed by atoms with Gasteiger partial charge >= 0.3 is 0 Å². The zero-order valence-corrected chi connectivity index (χ0v) is 17.9. The van der Waals surface area contributed by atoms with Crippen molar-refractivity contribution in [2.75, 3.05) is 38.1 Å². The predicted octanol–water partition coefficient (Wildman–Crippen LogP) is 2.15. The maximum absolute atomic E-state index is 12.2. The van der Waals surface area contributed by atoms with Crippen LogP contribution in [0.1, 0.15) is 53.8 Å². The molecule has 2 aliphatic rings. The minimum absolute atomic E-state index is 0.0723. The Balaban J connectivity index is 1.32. The molecule has 1 saturated carbocycles. The van der Waals surface area contributed by atoms with E-state index in [4.69, 9.17) is 0 Å². The second-order valence-electron chi connectivity index (χ2n) is 8.29. The van der Waals surface area contributed by atoms with Crippen molar-refractivity contribution in [3.63, 3.8) is 0 Å². The van der Waals surface area contributed by atoms with Crippen LogP contribution in [0.4, 0.5) is 5.69 Å². The van der Waals surface area contributed by atoms with Crippen LogP contribution < -0.4 is 15.8 Å². The van der Waals surface area contributed by atoms with Crippen molar-refractivity contribution in [1.82, 2.24) is 20.2 Å². The van der Waals surface area contributed by atoms with E-state index in [2.05, 4.69) is 31.2 Å². The standard InChI is InChI=1S/C23H31N5O2/c1-3-16-5-8-20(26-22(16)29)17-4-6-18(14-17)27-10-12-28(13-11-27)19-7-9-21(25-15-19)23(30)24-2/h5,7-9,15,17-18H,3-4,6,10-14H2,1-2H3,(H,24,30)(H,26,29)/t17-,18-/m1/s1. The van der Waals surface area contributed by atoms with Crippen LogP contribution in [0.5, 0.6) is 0 Å². The van der Waals surface area contributed by atoms with E-state index in [-0.39, 0.29) is 11.5 Å². The van der Waals surface area contributed by atoms with E-state index >= 15 is 0 Å². The summed E-state index contributed by atoms with van der Waals surface area (Å²) in [6, 6.07) is 8.45. The number of nitrogens with zero attached hydrogens (tertiary/aromatic N) is 3. The number of hydrogen-bond donors (Lipinski definition) is 2. The summed E-state index contributed by atoms with van der Waals surface area (Å²) < 4.78 is 0. The van der Waals surface area contributed by atoms with Crippen LogP contribution in [0.15, 0.2) is 35.3 Å². The molecule has 1 aliphatic heterocycles. The summed E-state index contributed by atoms with van der Waals surface area (Å²) in [6.45, 7) is 6.00. The number of pyridine rings is 2. The number of rotatable bonds is 5. The predicted molar refractivity (Wildman–Crippen MR) is 118 cm³/mol. The Labute approximate surface area is 177 Å². The first kappa shape index (κ1) is 20.6. The molecule has 160 valence electrons. The molecule has 0 spiro atoms. The molecular weight excluding hydrogens is 378 g/mol. The lowest BCUT2D eigenvalue weighted by molar-refractivity contribution is 0.0958. The number of H-pyrrole nitrogens is 1. The number of anilines is 1. The topological polar surface area (TPSA) is 81.3 Å². The van der Waals surface area contributed by atoms with E-state index in [1.54, 1.807) is 19.3 Å². The van der Waals surface area contributed by atoms with Gasteiger partial charge in [0.2, 0.25) is 0 Å². The molecule has 4 rings (SSSR count). The summed E-state index contributed by atoms with van der Waals surface area (Å²) in [6.07, 6.45) is 6.00. The molecule has 7 nitrogen and oxygen atoms in total. The zero-order chi connectivity index (χ0) is 21.1. The van der Waals surface area contributed by atoms with Crippen molar-refractivity contribution in [3.8, 4) is 0 Å². The second kappa shape index (κ2) is 9.00. The van der Waals surface area contributed by atoms with Crippen LogP contribution in [0.2, 0.25) is 0 Å². The fourth-order valence-corrected chi connectivity index (χ4v) is 4.79. The lowest BCUT2D eigenvalue weighted by atomic mass is 10.0. The highest BCUT2D eigenvalue weighted by molar-refractivity contribution is 5.92. The van der Waals surface area contributed by atoms with E-state index in [0.717, 1.165) is 62.4 Å². The van der Waals surface area contributed by atoms with E-state index in [1.807, 2.05) is 19.1 Å². The number of carbonyl (C=O) groups excluding carboxylic acids is 1. The first-order valence-corrected chi connectivity index (χ1v) is 11.0. The maximum atomic E-state index is 12.2. The van der Waals surface area contributed by atoms with Crippen molar-refractivity contribution in [2.45, 2.75) is 44.6 Å². The van der Waals surface area contributed by atoms with Gasteiger partial charge in [0.1, 0.15) is 5.69 Å². The van der Waals surface area contributed by atoms with Crippen LogP contribution in [0.25, 0.3) is 0 Å². The molecule has 2 atom stereocenters. The van der Waals surface area contributed by atoms with Gasteiger partial charge < -0.3 is 15.2 Å². The molecule has 2 aromatic rings. The monoisotopic (exact) mass is 409 g/mol. The smallest absolute Gasteiger partial charge is 0.269 e. The third kappa shape index (κ3) is 4.26. The summed E-state index contributed by atoms with van der Waals surface area (Å²) in [4.78, 5) is 36.2. The van der Waals surface area contributed by atoms with Gasteiger partial charge in [0.05, 0.1) is 11.9 Å². The number of carbonyl (C=O) groups is 1. The first-order valence-electron chi connectivity index (χ1n) is 11.0. The third-order valence-electron chi connectivity index (χ3n) is 6.64. The summed E-state index contributed by atoms with van der Waals surface area (Å²) >= 11 is 0. The van der Waals surface area contributed by atoms with Gasteiger partial charge in [0, 0.05) is 56.4 Å². The van der Waals surface area contributed by atoms with Crippen LogP contribution in [0, 0.1) is 0 Å². The Bertz CT molecular complexity index is 931. The summed E-state index contributed by atoms with van der Waals surface area (Å²) in [5, 5.41) is 2.60. The van der Waals surface area contributed by atoms with Crippen LogP contribution in [-0.4, -0.2) is 60.0 Å². The van der Waals surface area contributed by atoms with Gasteiger partial charge in [-0.15, -0.1) is 0 Å². The van der Waals surface area contributed by atoms with Crippen molar-refractivity contribution in [1.29, 1.82) is 0 Å². The number of amides is 1. The zero-order valence-electron chi connectivity index (χ0n) is 17.9. The molecule has 2 aromatic heterocycles. The highest BCUT2D eigenvalue weighted by atomic mass is 16.1. The molecule has 0 unspecified atom stereocenters. The molecular formula is C23H31N5O2. The van der Waals surface area contributed by atoms with Gasteiger partial charge in [-0.25, -0.2) is 4.98 Å². The molecule has 1 aliphatic carbocycles. The molecule has 0 aromatic carbocycles. The Morgan fingerprint density at radius 1 is 1.17 bits per heavy atom. The van der Waals surface area contributed by atoms with E-state index < -0.39 is 0 Å². The maximum Gasteiger partial charge on any atom is 0.269 e. The number of piperazine rings is 1. The van der Waals surface area contributed by atoms with Gasteiger partial charge in [0.25, 0.3) is 11.5 Å². The Hall–Kier alpha value is -2.67. The van der Waals surface area contributed by atoms with Gasteiger partial charge in [-0.3, -0.25) is 14.5 Å². The molecule has 0 radical (unpaired) electrons. The third-order valence-corrected chi connectivity index (χ3v) is 6.64. The average molecular weight is 410 g/mol. The molecule has 30 heavy (non-hydrogen) atoms. The quantitative estimate of drug-likeness (QED) is 0.791. The van der Waals surface area contributed by atoms with Crippen molar-refractivity contribution in [3.05, 3.63) is 57.8 Å². The van der Waals surface area contributed by atoms with Crippen molar-refractivity contribution < 1.29 is 4.79 Å². The Kier molecular flexibility index (Phi) is 6.18. The fraction of sp³-hybridized carbons (Fsp3) is 0.522. The number of aromatic nitrogens is 2. The number of hydrogen-bond acceptors (Lipinski definition) is 5. The van der Waals surface area contributed by atoms with Crippen molar-refractivity contribution >= 4 is 11.6 Å². The molecule has 0 bridgehead atoms. The van der Waals surface area contributed by atoms with Crippen LogP contribution in [-0.2, 0) is 6.42 Å². The van der Waals surface area contributed by atoms with Crippen LogP contribution in [0.3, 0.4) is 0 Å². The molecule has 2 N–H and O–H groups in total. The van der Waals surface area contributed by atoms with Gasteiger partial charge in [0.15, 0.2) is 0 Å². The molecule has 2 fully saturated rings. The number of aryl methyl sites for hydroxylation is 1. The van der Waals surface area contributed by atoms with Crippen molar-refractivity contribution in [2.24, 2.45) is 0 Å². The number of nitrogens with one attached hydrogen (secondary N) is 2. The van der Waals surface area contributed by atoms with Gasteiger partial charge in [-0.05, 0) is 43.9 Å². The van der Waals surface area contributed by atoms with Gasteiger partial charge in [-0.2, -0.15) is 0 Å². The Morgan fingerprint density at radius 2 is 1.97 bits per heavy atom. The number of aromatic amines is 1. The van der Waals surface area contributed by atoms with Gasteiger partial charge in [-0.1, -0.05) is 13.0 Å². The molecule has 3 heterocycles. The average Bonchev–Trinajstić information content (AvgIpc) is 3.29.